The maximum Gasteiger partial charge on any atom is 0.236 e. The Balaban J connectivity index is 1.87. The molecule has 1 atom stereocenters. The first-order valence-corrected chi connectivity index (χ1v) is 7.80. The fourth-order valence-electron chi connectivity index (χ4n) is 2.81. The molecule has 1 aromatic carbocycles. The van der Waals surface area contributed by atoms with E-state index in [2.05, 4.69) is 67.5 Å². The largest absolute Gasteiger partial charge is 0.338 e. The normalized spacial score (nSPS) is 20.3. The third-order valence-electron chi connectivity index (χ3n) is 4.56. The third-order valence-corrected chi connectivity index (χ3v) is 4.56. The van der Waals surface area contributed by atoms with Crippen molar-refractivity contribution in [3.05, 3.63) is 47.1 Å². The Labute approximate surface area is 131 Å². The van der Waals surface area contributed by atoms with Gasteiger partial charge in [0.05, 0.1) is 11.5 Å². The van der Waals surface area contributed by atoms with Gasteiger partial charge in [0.15, 0.2) is 5.82 Å². The highest BCUT2D eigenvalue weighted by Gasteiger charge is 2.32. The molecule has 1 fully saturated rings. The number of likely N-dealkylation sites (N-methyl/N-ethyl adjacent to an activating group) is 1. The van der Waals surface area contributed by atoms with Crippen LogP contribution in [0.5, 0.6) is 0 Å². The monoisotopic (exact) mass is 300 g/mol. The molecule has 5 heteroatoms. The molecule has 1 aromatic heterocycles. The smallest absolute Gasteiger partial charge is 0.236 e. The van der Waals surface area contributed by atoms with E-state index in [-0.39, 0.29) is 11.5 Å². The van der Waals surface area contributed by atoms with Gasteiger partial charge in [-0.25, -0.2) is 0 Å². The van der Waals surface area contributed by atoms with Crippen LogP contribution in [-0.4, -0.2) is 41.7 Å². The second kappa shape index (κ2) is 5.82. The van der Waals surface area contributed by atoms with Crippen LogP contribution in [0.3, 0.4) is 0 Å². The minimum absolute atomic E-state index is 0.181. The molecule has 22 heavy (non-hydrogen) atoms. The van der Waals surface area contributed by atoms with Crippen LogP contribution in [0.4, 0.5) is 0 Å². The molecule has 1 saturated heterocycles. The van der Waals surface area contributed by atoms with Crippen molar-refractivity contribution < 1.29 is 4.52 Å². The van der Waals surface area contributed by atoms with Crippen LogP contribution in [0.15, 0.2) is 28.8 Å². The van der Waals surface area contributed by atoms with E-state index in [1.54, 1.807) is 0 Å². The number of nitrogens with zero attached hydrogens (tertiary/aromatic N) is 3. The van der Waals surface area contributed by atoms with E-state index in [9.17, 15) is 0 Å². The molecule has 1 unspecified atom stereocenters. The summed E-state index contributed by atoms with van der Waals surface area (Å²) in [6.07, 6.45) is 0. The fourth-order valence-corrected chi connectivity index (χ4v) is 2.81. The van der Waals surface area contributed by atoms with Gasteiger partial charge in [-0.1, -0.05) is 35.0 Å². The van der Waals surface area contributed by atoms with Gasteiger partial charge in [0.2, 0.25) is 5.89 Å². The summed E-state index contributed by atoms with van der Waals surface area (Å²) in [7, 11) is 2.10. The fraction of sp³-hybridized carbons (Fsp3) is 0.529. The topological polar surface area (TPSA) is 54.2 Å². The van der Waals surface area contributed by atoms with Crippen molar-refractivity contribution in [3.8, 4) is 0 Å². The number of aryl methyl sites for hydroxylation is 1. The van der Waals surface area contributed by atoms with E-state index in [0.717, 1.165) is 25.5 Å². The van der Waals surface area contributed by atoms with Crippen molar-refractivity contribution in [1.29, 1.82) is 0 Å². The Hall–Kier alpha value is -1.72. The van der Waals surface area contributed by atoms with Crippen molar-refractivity contribution in [1.82, 2.24) is 20.4 Å². The molecule has 0 radical (unpaired) electrons. The first-order valence-electron chi connectivity index (χ1n) is 7.80. The average Bonchev–Trinajstić information content (AvgIpc) is 2.98. The molecule has 2 aromatic rings. The molecule has 0 amide bonds. The number of hydrogen-bond acceptors (Lipinski definition) is 5. The van der Waals surface area contributed by atoms with Crippen LogP contribution >= 0.6 is 0 Å². The Bertz CT molecular complexity index is 632. The molecule has 1 N–H and O–H groups in total. The molecule has 118 valence electrons. The molecular weight excluding hydrogens is 276 g/mol. The van der Waals surface area contributed by atoms with Crippen LogP contribution in [0.25, 0.3) is 0 Å². The van der Waals surface area contributed by atoms with Crippen molar-refractivity contribution in [3.63, 3.8) is 0 Å². The van der Waals surface area contributed by atoms with Crippen molar-refractivity contribution in [2.45, 2.75) is 32.2 Å². The lowest BCUT2D eigenvalue weighted by Gasteiger charge is -2.30. The van der Waals surface area contributed by atoms with Gasteiger partial charge in [0.25, 0.3) is 0 Å². The zero-order valence-corrected chi connectivity index (χ0v) is 13.8. The van der Waals surface area contributed by atoms with Gasteiger partial charge in [0, 0.05) is 19.6 Å². The second-order valence-electron chi connectivity index (χ2n) is 6.65. The first kappa shape index (κ1) is 15.2. The lowest BCUT2D eigenvalue weighted by Crippen LogP contribution is -2.44. The third kappa shape index (κ3) is 2.78. The molecule has 1 aliphatic heterocycles. The molecule has 0 saturated carbocycles. The van der Waals surface area contributed by atoms with Gasteiger partial charge in [-0.15, -0.1) is 0 Å². The van der Waals surface area contributed by atoms with E-state index in [1.165, 1.54) is 11.1 Å². The highest BCUT2D eigenvalue weighted by atomic mass is 16.5. The SMILES string of the molecule is Cc1ccc(C(C)(C)c2nc(C3CNCCN3C)no2)cc1. The maximum absolute atomic E-state index is 5.60. The molecule has 3 rings (SSSR count). The minimum atomic E-state index is -0.292. The Morgan fingerprint density at radius 3 is 2.68 bits per heavy atom. The summed E-state index contributed by atoms with van der Waals surface area (Å²) in [4.78, 5) is 6.96. The molecule has 0 bridgehead atoms. The Morgan fingerprint density at radius 1 is 1.27 bits per heavy atom. The van der Waals surface area contributed by atoms with E-state index in [0.29, 0.717) is 5.89 Å². The van der Waals surface area contributed by atoms with Crippen molar-refractivity contribution in [2.75, 3.05) is 26.7 Å². The van der Waals surface area contributed by atoms with Crippen LogP contribution in [0.2, 0.25) is 0 Å². The van der Waals surface area contributed by atoms with Gasteiger partial charge in [0.1, 0.15) is 0 Å². The maximum atomic E-state index is 5.60. The standard InChI is InChI=1S/C17H24N4O/c1-12-5-7-13(8-6-12)17(2,3)16-19-15(20-22-16)14-11-18-9-10-21(14)4/h5-8,14,18H,9-11H2,1-4H3. The number of piperazine rings is 1. The van der Waals surface area contributed by atoms with Crippen molar-refractivity contribution >= 4 is 0 Å². The van der Waals surface area contributed by atoms with Crippen LogP contribution in [0, 0.1) is 6.92 Å². The zero-order valence-electron chi connectivity index (χ0n) is 13.8. The van der Waals surface area contributed by atoms with E-state index < -0.39 is 0 Å². The van der Waals surface area contributed by atoms with Gasteiger partial charge < -0.3 is 9.84 Å². The van der Waals surface area contributed by atoms with Gasteiger partial charge in [-0.3, -0.25) is 4.90 Å². The first-order chi connectivity index (χ1) is 10.5. The van der Waals surface area contributed by atoms with E-state index in [4.69, 9.17) is 9.51 Å². The van der Waals surface area contributed by atoms with Crippen LogP contribution < -0.4 is 5.32 Å². The molecule has 5 nitrogen and oxygen atoms in total. The Kier molecular flexibility index (Phi) is 4.02. The summed E-state index contributed by atoms with van der Waals surface area (Å²) in [6.45, 7) is 9.20. The molecule has 0 spiro atoms. The number of aromatic nitrogens is 2. The van der Waals surface area contributed by atoms with Gasteiger partial charge in [-0.05, 0) is 33.4 Å². The summed E-state index contributed by atoms with van der Waals surface area (Å²) >= 11 is 0. The molecular formula is C17H24N4O. The summed E-state index contributed by atoms with van der Waals surface area (Å²) in [5.41, 5.74) is 2.14. The molecule has 2 heterocycles. The quantitative estimate of drug-likeness (QED) is 0.942. The van der Waals surface area contributed by atoms with Crippen LogP contribution in [0.1, 0.15) is 42.7 Å². The van der Waals surface area contributed by atoms with Gasteiger partial charge >= 0.3 is 0 Å². The number of benzene rings is 1. The highest BCUT2D eigenvalue weighted by molar-refractivity contribution is 5.32. The number of rotatable bonds is 3. The van der Waals surface area contributed by atoms with Crippen LogP contribution in [-0.2, 0) is 5.41 Å². The van der Waals surface area contributed by atoms with E-state index in [1.807, 2.05) is 0 Å². The predicted molar refractivity (Wildman–Crippen MR) is 85.8 cm³/mol. The summed E-state index contributed by atoms with van der Waals surface area (Å²) in [5.74, 6) is 1.44. The summed E-state index contributed by atoms with van der Waals surface area (Å²) in [6, 6.07) is 8.68. The Morgan fingerprint density at radius 2 is 2.00 bits per heavy atom. The average molecular weight is 300 g/mol. The van der Waals surface area contributed by atoms with E-state index >= 15 is 0 Å². The van der Waals surface area contributed by atoms with Crippen molar-refractivity contribution in [2.24, 2.45) is 0 Å². The predicted octanol–water partition coefficient (Wildman–Crippen LogP) is 2.28. The zero-order chi connectivity index (χ0) is 15.7. The summed E-state index contributed by atoms with van der Waals surface area (Å²) < 4.78 is 5.60. The van der Waals surface area contributed by atoms with Gasteiger partial charge in [-0.2, -0.15) is 4.98 Å². The summed E-state index contributed by atoms with van der Waals surface area (Å²) in [5, 5.41) is 7.62. The lowest BCUT2D eigenvalue weighted by molar-refractivity contribution is 0.190. The number of nitrogens with one attached hydrogen (secondary N) is 1. The molecule has 0 aliphatic carbocycles. The minimum Gasteiger partial charge on any atom is -0.338 e. The lowest BCUT2D eigenvalue weighted by atomic mass is 9.84. The number of hydrogen-bond donors (Lipinski definition) is 1. The highest BCUT2D eigenvalue weighted by Crippen LogP contribution is 2.31. The molecule has 1 aliphatic rings. The second-order valence-corrected chi connectivity index (χ2v) is 6.65.